The van der Waals surface area contributed by atoms with Crippen molar-refractivity contribution < 1.29 is 8.42 Å². The molecule has 1 rings (SSSR count). The number of nitrogens with zero attached hydrogens (tertiary/aromatic N) is 1. The normalized spacial score (nSPS) is 12.9. The third kappa shape index (κ3) is 2.90. The lowest BCUT2D eigenvalue weighted by Gasteiger charge is -2.31. The van der Waals surface area contributed by atoms with Crippen molar-refractivity contribution in [3.05, 3.63) is 11.8 Å². The summed E-state index contributed by atoms with van der Waals surface area (Å²) in [6, 6.07) is 0. The Morgan fingerprint density at radius 3 is 2.33 bits per heavy atom. The van der Waals surface area contributed by atoms with Crippen LogP contribution in [-0.4, -0.2) is 24.2 Å². The first-order valence-corrected chi connectivity index (χ1v) is 7.69. The van der Waals surface area contributed by atoms with E-state index in [1.165, 1.54) is 6.20 Å². The highest BCUT2D eigenvalue weighted by molar-refractivity contribution is 7.89. The Bertz CT molecular complexity index is 469. The van der Waals surface area contributed by atoms with Crippen LogP contribution in [0.4, 0.5) is 0 Å². The van der Waals surface area contributed by atoms with Crippen LogP contribution < -0.4 is 10.5 Å². The van der Waals surface area contributed by atoms with Gasteiger partial charge < -0.3 is 5.73 Å². The first kappa shape index (κ1) is 15.1. The third-order valence-electron chi connectivity index (χ3n) is 3.55. The number of nitrogens with two attached hydrogens (primary N) is 1. The first-order valence-electron chi connectivity index (χ1n) is 6.21. The molecule has 18 heavy (non-hydrogen) atoms. The van der Waals surface area contributed by atoms with E-state index in [-0.39, 0.29) is 11.6 Å². The molecule has 1 heterocycles. The van der Waals surface area contributed by atoms with Gasteiger partial charge in [-0.2, -0.15) is 5.10 Å². The highest BCUT2D eigenvalue weighted by Crippen LogP contribution is 2.23. The van der Waals surface area contributed by atoms with Crippen molar-refractivity contribution in [2.24, 2.45) is 5.73 Å². The number of hydrogen-bond acceptors (Lipinski definition) is 4. The summed E-state index contributed by atoms with van der Waals surface area (Å²) in [5.41, 5.74) is 5.59. The van der Waals surface area contributed by atoms with Gasteiger partial charge in [0, 0.05) is 17.6 Å². The number of nitrogens with one attached hydrogen (secondary N) is 2. The maximum absolute atomic E-state index is 12.3. The number of sulfonamides is 1. The van der Waals surface area contributed by atoms with Crippen LogP contribution >= 0.6 is 0 Å². The van der Waals surface area contributed by atoms with Crippen LogP contribution in [0.1, 0.15) is 45.6 Å². The van der Waals surface area contributed by atoms with Crippen molar-refractivity contribution in [2.75, 3.05) is 0 Å². The zero-order valence-electron chi connectivity index (χ0n) is 11.2. The van der Waals surface area contributed by atoms with Gasteiger partial charge in [-0.05, 0) is 19.3 Å². The summed E-state index contributed by atoms with van der Waals surface area (Å²) in [7, 11) is -3.60. The first-order chi connectivity index (χ1) is 8.44. The van der Waals surface area contributed by atoms with Gasteiger partial charge in [-0.1, -0.05) is 20.8 Å². The number of hydrogen-bond donors (Lipinski definition) is 3. The van der Waals surface area contributed by atoms with Gasteiger partial charge in [-0.3, -0.25) is 5.10 Å². The van der Waals surface area contributed by atoms with Gasteiger partial charge in [0.05, 0.1) is 6.20 Å². The third-order valence-corrected chi connectivity index (χ3v) is 5.14. The Kier molecular flexibility index (Phi) is 4.89. The van der Waals surface area contributed by atoms with Crippen LogP contribution in [0.25, 0.3) is 0 Å². The number of aromatic nitrogens is 2. The second-order valence-electron chi connectivity index (χ2n) is 4.37. The van der Waals surface area contributed by atoms with E-state index >= 15 is 0 Å². The maximum atomic E-state index is 12.3. The molecule has 0 aromatic carbocycles. The minimum Gasteiger partial charge on any atom is -0.326 e. The fraction of sp³-hybridized carbons (Fsp3) is 0.727. The quantitative estimate of drug-likeness (QED) is 0.693. The highest BCUT2D eigenvalue weighted by atomic mass is 32.2. The Morgan fingerprint density at radius 2 is 1.89 bits per heavy atom. The van der Waals surface area contributed by atoms with E-state index in [4.69, 9.17) is 5.73 Å². The van der Waals surface area contributed by atoms with Crippen molar-refractivity contribution in [1.82, 2.24) is 14.9 Å². The maximum Gasteiger partial charge on any atom is 0.258 e. The van der Waals surface area contributed by atoms with E-state index < -0.39 is 15.6 Å². The molecule has 104 valence electrons. The fourth-order valence-electron chi connectivity index (χ4n) is 1.98. The van der Waals surface area contributed by atoms with Crippen LogP contribution in [-0.2, 0) is 16.6 Å². The molecule has 0 atom stereocenters. The van der Waals surface area contributed by atoms with Crippen molar-refractivity contribution >= 4 is 10.0 Å². The Labute approximate surface area is 108 Å². The van der Waals surface area contributed by atoms with Gasteiger partial charge >= 0.3 is 0 Å². The average molecular weight is 274 g/mol. The largest absolute Gasteiger partial charge is 0.326 e. The Balaban J connectivity index is 3.08. The van der Waals surface area contributed by atoms with Crippen LogP contribution in [0, 0.1) is 0 Å². The van der Waals surface area contributed by atoms with Gasteiger partial charge in [-0.25, -0.2) is 13.1 Å². The van der Waals surface area contributed by atoms with Gasteiger partial charge in [0.25, 0.3) is 10.0 Å². The predicted octanol–water partition coefficient (Wildman–Crippen LogP) is 1.12. The second-order valence-corrected chi connectivity index (χ2v) is 5.99. The van der Waals surface area contributed by atoms with Crippen LogP contribution in [0.15, 0.2) is 11.2 Å². The zero-order valence-corrected chi connectivity index (χ0v) is 12.0. The molecule has 0 spiro atoms. The number of H-pyrrole nitrogens is 1. The van der Waals surface area contributed by atoms with Crippen LogP contribution in [0.5, 0.6) is 0 Å². The van der Waals surface area contributed by atoms with Gasteiger partial charge in [-0.15, -0.1) is 0 Å². The van der Waals surface area contributed by atoms with Crippen molar-refractivity contribution in [3.8, 4) is 0 Å². The molecule has 1 aromatic rings. The van der Waals surface area contributed by atoms with Crippen molar-refractivity contribution in [1.29, 1.82) is 0 Å². The number of aromatic amines is 1. The van der Waals surface area contributed by atoms with Crippen LogP contribution in [0.2, 0.25) is 0 Å². The van der Waals surface area contributed by atoms with Crippen LogP contribution in [0.3, 0.4) is 0 Å². The van der Waals surface area contributed by atoms with E-state index in [0.29, 0.717) is 5.56 Å². The summed E-state index contributed by atoms with van der Waals surface area (Å²) in [5.74, 6) is 0. The smallest absolute Gasteiger partial charge is 0.258 e. The van der Waals surface area contributed by atoms with Crippen molar-refractivity contribution in [3.63, 3.8) is 0 Å². The molecule has 0 aliphatic rings. The summed E-state index contributed by atoms with van der Waals surface area (Å²) in [6.45, 7) is 6.08. The highest BCUT2D eigenvalue weighted by Gasteiger charge is 2.32. The topological polar surface area (TPSA) is 101 Å². The summed E-state index contributed by atoms with van der Waals surface area (Å²) >= 11 is 0. The van der Waals surface area contributed by atoms with E-state index in [1.807, 2.05) is 20.8 Å². The SMILES string of the molecule is CCC(CC)(CC)NS(=O)(=O)c1[nH]ncc1CN. The molecule has 0 aliphatic carbocycles. The summed E-state index contributed by atoms with van der Waals surface area (Å²) in [5, 5.41) is 6.33. The number of rotatable bonds is 7. The zero-order chi connectivity index (χ0) is 13.8. The molecule has 0 saturated heterocycles. The Hall–Kier alpha value is -0.920. The second kappa shape index (κ2) is 5.81. The predicted molar refractivity (Wildman–Crippen MR) is 70.4 cm³/mol. The molecule has 1 aromatic heterocycles. The van der Waals surface area contributed by atoms with Gasteiger partial charge in [0.15, 0.2) is 5.03 Å². The lowest BCUT2D eigenvalue weighted by atomic mass is 9.91. The molecule has 0 saturated carbocycles. The fourth-order valence-corrected chi connectivity index (χ4v) is 3.74. The molecule has 0 unspecified atom stereocenters. The molecule has 0 bridgehead atoms. The molecular weight excluding hydrogens is 252 g/mol. The summed E-state index contributed by atoms with van der Waals surface area (Å²) in [6.07, 6.45) is 3.67. The molecule has 0 aliphatic heterocycles. The summed E-state index contributed by atoms with van der Waals surface area (Å²) < 4.78 is 27.4. The van der Waals surface area contributed by atoms with E-state index in [0.717, 1.165) is 19.3 Å². The van der Waals surface area contributed by atoms with Gasteiger partial charge in [0.1, 0.15) is 0 Å². The minimum atomic E-state index is -3.60. The molecule has 4 N–H and O–H groups in total. The average Bonchev–Trinajstić information content (AvgIpc) is 2.85. The molecular formula is C11H22N4O2S. The van der Waals surface area contributed by atoms with Gasteiger partial charge in [0.2, 0.25) is 0 Å². The summed E-state index contributed by atoms with van der Waals surface area (Å²) in [4.78, 5) is 0. The van der Waals surface area contributed by atoms with E-state index in [2.05, 4.69) is 14.9 Å². The molecule has 7 heteroatoms. The van der Waals surface area contributed by atoms with Crippen molar-refractivity contribution in [2.45, 2.75) is 57.1 Å². The molecule has 0 radical (unpaired) electrons. The lowest BCUT2D eigenvalue weighted by molar-refractivity contribution is 0.341. The molecule has 0 fully saturated rings. The molecule has 6 nitrogen and oxygen atoms in total. The molecule has 0 amide bonds. The Morgan fingerprint density at radius 1 is 1.33 bits per heavy atom. The minimum absolute atomic E-state index is 0.0738. The van der Waals surface area contributed by atoms with E-state index in [9.17, 15) is 8.42 Å². The lowest BCUT2D eigenvalue weighted by Crippen LogP contribution is -2.47. The van der Waals surface area contributed by atoms with E-state index in [1.54, 1.807) is 0 Å². The monoisotopic (exact) mass is 274 g/mol. The standard InChI is InChI=1S/C11H22N4O2S/c1-4-11(5-2,6-3)15-18(16,17)10-9(7-12)8-13-14-10/h8,15H,4-7,12H2,1-3H3,(H,13,14).